The van der Waals surface area contributed by atoms with Crippen LogP contribution in [0.15, 0.2) is 23.2 Å². The van der Waals surface area contributed by atoms with Crippen molar-refractivity contribution in [1.82, 2.24) is 0 Å². The highest BCUT2D eigenvalue weighted by molar-refractivity contribution is 6.36. The van der Waals surface area contributed by atoms with Crippen LogP contribution in [0.5, 0.6) is 0 Å². The standard InChI is InChI=1S/C9H9Cl2NO/c1-2-13-6-12-9-4-3-7(10)5-8(9)11/h3-6H,2H2,1H3. The van der Waals surface area contributed by atoms with Crippen LogP contribution >= 0.6 is 23.2 Å². The average Bonchev–Trinajstić information content (AvgIpc) is 2.09. The predicted molar refractivity (Wildman–Crippen MR) is 56.2 cm³/mol. The zero-order valence-corrected chi connectivity index (χ0v) is 8.64. The van der Waals surface area contributed by atoms with Crippen LogP contribution in [0.2, 0.25) is 10.0 Å². The Labute approximate surface area is 87.1 Å². The van der Waals surface area contributed by atoms with Crippen LogP contribution in [0.3, 0.4) is 0 Å². The highest BCUT2D eigenvalue weighted by Gasteiger charge is 1.97. The maximum atomic E-state index is 5.85. The maximum absolute atomic E-state index is 5.85. The summed E-state index contributed by atoms with van der Waals surface area (Å²) in [6.07, 6.45) is 1.37. The van der Waals surface area contributed by atoms with Gasteiger partial charge in [-0.25, -0.2) is 4.99 Å². The molecule has 0 aliphatic heterocycles. The molecule has 1 aromatic carbocycles. The molecule has 0 saturated heterocycles. The molecule has 0 amide bonds. The molecule has 0 saturated carbocycles. The molecule has 1 aromatic rings. The molecule has 13 heavy (non-hydrogen) atoms. The van der Waals surface area contributed by atoms with Gasteiger partial charge in [0.15, 0.2) is 6.40 Å². The Bertz CT molecular complexity index is 312. The highest BCUT2D eigenvalue weighted by Crippen LogP contribution is 2.27. The number of rotatable bonds is 3. The third-order valence-corrected chi connectivity index (χ3v) is 1.88. The van der Waals surface area contributed by atoms with Crippen LogP contribution in [0.4, 0.5) is 5.69 Å². The smallest absolute Gasteiger partial charge is 0.174 e. The maximum Gasteiger partial charge on any atom is 0.174 e. The number of aliphatic imine (C=N–C) groups is 1. The normalized spacial score (nSPS) is 10.7. The largest absolute Gasteiger partial charge is 0.483 e. The van der Waals surface area contributed by atoms with E-state index in [1.807, 2.05) is 6.92 Å². The molecule has 0 bridgehead atoms. The van der Waals surface area contributed by atoms with Crippen molar-refractivity contribution in [1.29, 1.82) is 0 Å². The fourth-order valence-corrected chi connectivity index (χ4v) is 1.21. The molecule has 0 heterocycles. The van der Waals surface area contributed by atoms with Crippen LogP contribution in [0, 0.1) is 0 Å². The summed E-state index contributed by atoms with van der Waals surface area (Å²) in [5.74, 6) is 0. The van der Waals surface area contributed by atoms with Gasteiger partial charge >= 0.3 is 0 Å². The van der Waals surface area contributed by atoms with Crippen LogP contribution < -0.4 is 0 Å². The van der Waals surface area contributed by atoms with E-state index in [9.17, 15) is 0 Å². The van der Waals surface area contributed by atoms with E-state index in [4.69, 9.17) is 27.9 Å². The van der Waals surface area contributed by atoms with Crippen LogP contribution in [-0.2, 0) is 4.74 Å². The minimum atomic E-state index is 0.517. The van der Waals surface area contributed by atoms with E-state index in [1.54, 1.807) is 18.2 Å². The van der Waals surface area contributed by atoms with Gasteiger partial charge in [0.2, 0.25) is 0 Å². The van der Waals surface area contributed by atoms with Crippen molar-refractivity contribution in [2.24, 2.45) is 4.99 Å². The second-order valence-corrected chi connectivity index (χ2v) is 3.13. The fourth-order valence-electron chi connectivity index (χ4n) is 0.755. The topological polar surface area (TPSA) is 21.6 Å². The highest BCUT2D eigenvalue weighted by atomic mass is 35.5. The molecule has 0 unspecified atom stereocenters. The third-order valence-electron chi connectivity index (χ3n) is 1.34. The zero-order valence-electron chi connectivity index (χ0n) is 7.13. The molecule has 0 aliphatic rings. The Morgan fingerprint density at radius 2 is 2.23 bits per heavy atom. The molecule has 0 aromatic heterocycles. The van der Waals surface area contributed by atoms with Gasteiger partial charge < -0.3 is 4.74 Å². The molecule has 0 spiro atoms. The summed E-state index contributed by atoms with van der Waals surface area (Å²) < 4.78 is 4.94. The zero-order chi connectivity index (χ0) is 9.68. The monoisotopic (exact) mass is 217 g/mol. The van der Waals surface area contributed by atoms with E-state index in [0.717, 1.165) is 0 Å². The van der Waals surface area contributed by atoms with E-state index >= 15 is 0 Å². The lowest BCUT2D eigenvalue weighted by Gasteiger charge is -1.97. The van der Waals surface area contributed by atoms with Crippen molar-refractivity contribution in [2.75, 3.05) is 6.61 Å². The van der Waals surface area contributed by atoms with E-state index in [0.29, 0.717) is 22.3 Å². The van der Waals surface area contributed by atoms with E-state index in [-0.39, 0.29) is 0 Å². The second-order valence-electron chi connectivity index (χ2n) is 2.29. The summed E-state index contributed by atoms with van der Waals surface area (Å²) in [7, 11) is 0. The lowest BCUT2D eigenvalue weighted by Crippen LogP contribution is -1.83. The number of benzene rings is 1. The molecular formula is C9H9Cl2NO. The Hall–Kier alpha value is -0.730. The Balaban J connectivity index is 2.77. The van der Waals surface area contributed by atoms with Gasteiger partial charge in [-0.1, -0.05) is 23.2 Å². The molecule has 0 atom stereocenters. The summed E-state index contributed by atoms with van der Waals surface area (Å²) >= 11 is 11.6. The molecule has 2 nitrogen and oxygen atoms in total. The van der Waals surface area contributed by atoms with E-state index < -0.39 is 0 Å². The fraction of sp³-hybridized carbons (Fsp3) is 0.222. The Morgan fingerprint density at radius 3 is 2.85 bits per heavy atom. The van der Waals surface area contributed by atoms with Crippen LogP contribution in [-0.4, -0.2) is 13.0 Å². The Morgan fingerprint density at radius 1 is 1.46 bits per heavy atom. The number of hydrogen-bond acceptors (Lipinski definition) is 2. The first-order valence-corrected chi connectivity index (χ1v) is 4.59. The number of nitrogens with zero attached hydrogens (tertiary/aromatic N) is 1. The summed E-state index contributed by atoms with van der Waals surface area (Å²) in [6, 6.07) is 5.11. The van der Waals surface area contributed by atoms with Gasteiger partial charge in [-0.3, -0.25) is 0 Å². The molecule has 0 radical (unpaired) electrons. The number of ether oxygens (including phenoxy) is 1. The van der Waals surface area contributed by atoms with Crippen LogP contribution in [0.1, 0.15) is 6.92 Å². The molecule has 0 aliphatic carbocycles. The van der Waals surface area contributed by atoms with Crippen molar-refractivity contribution in [3.63, 3.8) is 0 Å². The minimum absolute atomic E-state index is 0.517. The predicted octanol–water partition coefficient (Wildman–Crippen LogP) is 3.69. The molecule has 1 rings (SSSR count). The van der Waals surface area contributed by atoms with Gasteiger partial charge in [0.1, 0.15) is 0 Å². The molecule has 0 fully saturated rings. The van der Waals surface area contributed by atoms with Crippen molar-refractivity contribution >= 4 is 35.3 Å². The van der Waals surface area contributed by atoms with Gasteiger partial charge in [-0.15, -0.1) is 0 Å². The quantitative estimate of drug-likeness (QED) is 0.560. The van der Waals surface area contributed by atoms with Crippen molar-refractivity contribution in [2.45, 2.75) is 6.92 Å². The van der Waals surface area contributed by atoms with Crippen LogP contribution in [0.25, 0.3) is 0 Å². The van der Waals surface area contributed by atoms with Gasteiger partial charge in [0.05, 0.1) is 17.3 Å². The summed E-state index contributed by atoms with van der Waals surface area (Å²) in [6.45, 7) is 2.48. The number of hydrogen-bond donors (Lipinski definition) is 0. The van der Waals surface area contributed by atoms with Gasteiger partial charge in [-0.2, -0.15) is 0 Å². The Kier molecular flexibility index (Phi) is 4.06. The summed E-state index contributed by atoms with van der Waals surface area (Å²) in [5.41, 5.74) is 0.652. The molecule has 70 valence electrons. The van der Waals surface area contributed by atoms with Gasteiger partial charge in [0, 0.05) is 5.02 Å². The molecule has 4 heteroatoms. The van der Waals surface area contributed by atoms with Crippen molar-refractivity contribution in [3.8, 4) is 0 Å². The first kappa shape index (κ1) is 10.4. The van der Waals surface area contributed by atoms with Crippen molar-refractivity contribution in [3.05, 3.63) is 28.2 Å². The molecular weight excluding hydrogens is 209 g/mol. The summed E-state index contributed by atoms with van der Waals surface area (Å²) in [4.78, 5) is 4.00. The van der Waals surface area contributed by atoms with Gasteiger partial charge in [-0.05, 0) is 25.1 Å². The average molecular weight is 218 g/mol. The second kappa shape index (κ2) is 5.10. The first-order chi connectivity index (χ1) is 6.24. The first-order valence-electron chi connectivity index (χ1n) is 3.83. The number of halogens is 2. The lowest BCUT2D eigenvalue weighted by molar-refractivity contribution is 0.344. The van der Waals surface area contributed by atoms with E-state index in [2.05, 4.69) is 4.99 Å². The SMILES string of the molecule is CCOC=Nc1ccc(Cl)cc1Cl. The van der Waals surface area contributed by atoms with E-state index in [1.165, 1.54) is 6.40 Å². The molecule has 0 N–H and O–H groups in total. The van der Waals surface area contributed by atoms with Crippen molar-refractivity contribution < 1.29 is 4.74 Å². The van der Waals surface area contributed by atoms with Gasteiger partial charge in [0.25, 0.3) is 0 Å². The summed E-state index contributed by atoms with van der Waals surface area (Å²) in [5, 5.41) is 1.11. The third kappa shape index (κ3) is 3.25. The lowest BCUT2D eigenvalue weighted by atomic mass is 10.3. The minimum Gasteiger partial charge on any atom is -0.483 e.